The first-order valence-corrected chi connectivity index (χ1v) is 22.6. The summed E-state index contributed by atoms with van der Waals surface area (Å²) >= 11 is 1.90. The third kappa shape index (κ3) is 5.59. The summed E-state index contributed by atoms with van der Waals surface area (Å²) in [6.07, 6.45) is 0. The second-order valence-corrected chi connectivity index (χ2v) is 17.7. The van der Waals surface area contributed by atoms with Crippen molar-refractivity contribution in [2.45, 2.75) is 15.2 Å². The minimum absolute atomic E-state index is 0.517. The maximum absolute atomic E-state index is 5.33. The first kappa shape index (κ1) is 36.7. The summed E-state index contributed by atoms with van der Waals surface area (Å²) in [5, 5.41) is 3.59. The number of hydrogen-bond donors (Lipinski definition) is 0. The van der Waals surface area contributed by atoms with Crippen molar-refractivity contribution >= 4 is 33.4 Å². The summed E-state index contributed by atoms with van der Waals surface area (Å²) in [6.45, 7) is 0. The number of benzene rings is 9. The summed E-state index contributed by atoms with van der Waals surface area (Å²) in [6, 6.07) is 80.9. The Morgan fingerprint density at radius 1 is 0.344 bits per heavy atom. The highest BCUT2D eigenvalue weighted by Crippen LogP contribution is 2.63. The predicted molar refractivity (Wildman–Crippen MR) is 263 cm³/mol. The summed E-state index contributed by atoms with van der Waals surface area (Å²) in [5.41, 5.74) is 17.7. The SMILES string of the molecule is c1ccc(-c2cc(-c3ccc(-c4ccc5c(c4)Sc4c(ccc6c(-c7ccccc7)nc7ccccc7c46)C54c5ccccc5-c5ccccc54)cc3)nc(-c3ccccc3)n2)cc1. The van der Waals surface area contributed by atoms with Crippen molar-refractivity contribution in [3.8, 4) is 67.4 Å². The maximum Gasteiger partial charge on any atom is 0.160 e. The van der Waals surface area contributed by atoms with Crippen LogP contribution in [0.1, 0.15) is 22.3 Å². The van der Waals surface area contributed by atoms with Crippen molar-refractivity contribution in [2.24, 2.45) is 0 Å². The normalized spacial score (nSPS) is 13.1. The average molecular weight is 832 g/mol. The largest absolute Gasteiger partial charge is 0.247 e. The smallest absolute Gasteiger partial charge is 0.160 e. The molecule has 64 heavy (non-hydrogen) atoms. The Bertz CT molecular complexity index is 3520. The van der Waals surface area contributed by atoms with E-state index in [9.17, 15) is 0 Å². The molecule has 0 unspecified atom stereocenters. The van der Waals surface area contributed by atoms with Gasteiger partial charge >= 0.3 is 0 Å². The molecule has 0 bridgehead atoms. The van der Waals surface area contributed by atoms with Crippen molar-refractivity contribution in [3.05, 3.63) is 247 Å². The molecule has 2 aromatic heterocycles. The van der Waals surface area contributed by atoms with Gasteiger partial charge in [0, 0.05) is 48.2 Å². The average Bonchev–Trinajstić information content (AvgIpc) is 3.67. The molecule has 0 atom stereocenters. The molecule has 298 valence electrons. The number of fused-ring (bicyclic) bond motifs is 13. The van der Waals surface area contributed by atoms with E-state index in [2.05, 4.69) is 200 Å². The van der Waals surface area contributed by atoms with Gasteiger partial charge in [0.15, 0.2) is 5.82 Å². The van der Waals surface area contributed by atoms with Gasteiger partial charge in [-0.3, -0.25) is 0 Å². The molecule has 1 aliphatic carbocycles. The highest BCUT2D eigenvalue weighted by Gasteiger charge is 2.50. The van der Waals surface area contributed by atoms with Crippen LogP contribution in [0.4, 0.5) is 0 Å². The van der Waals surface area contributed by atoms with Crippen LogP contribution in [0, 0.1) is 0 Å². The molecule has 3 nitrogen and oxygen atoms in total. The van der Waals surface area contributed by atoms with Crippen LogP contribution in [0.3, 0.4) is 0 Å². The standard InChI is InChI=1S/C60H37N3S/c1-4-16-39(17-5-1)53-37-54(63-59(62-53)42-20-8-3-9-21-42)40-30-28-38(29-31-40)43-32-34-50-55(36-43)64-58-51(60(50)48-25-13-10-22-44(48)45-23-11-14-26-49(45)60)35-33-47-56(58)46-24-12-15-27-52(46)61-57(47)41-18-6-2-7-19-41/h1-37H. The highest BCUT2D eigenvalue weighted by atomic mass is 32.2. The molecule has 0 fully saturated rings. The second-order valence-electron chi connectivity index (χ2n) is 16.6. The Hall–Kier alpha value is -7.92. The van der Waals surface area contributed by atoms with E-state index in [0.29, 0.717) is 5.82 Å². The fourth-order valence-corrected chi connectivity index (χ4v) is 11.7. The van der Waals surface area contributed by atoms with Crippen molar-refractivity contribution in [1.82, 2.24) is 15.0 Å². The van der Waals surface area contributed by atoms with E-state index in [1.165, 1.54) is 59.5 Å². The number of aromatic nitrogens is 3. The van der Waals surface area contributed by atoms with Gasteiger partial charge in [0.2, 0.25) is 0 Å². The van der Waals surface area contributed by atoms with E-state index < -0.39 is 5.41 Å². The maximum atomic E-state index is 5.33. The van der Waals surface area contributed by atoms with Gasteiger partial charge in [0.1, 0.15) is 0 Å². The molecule has 0 N–H and O–H groups in total. The Balaban J connectivity index is 1.00. The first-order chi connectivity index (χ1) is 31.7. The third-order valence-corrected chi connectivity index (χ3v) is 14.3. The van der Waals surface area contributed by atoms with E-state index in [-0.39, 0.29) is 0 Å². The summed E-state index contributed by atoms with van der Waals surface area (Å²) in [5.74, 6) is 0.712. The van der Waals surface area contributed by atoms with E-state index in [1.807, 2.05) is 36.0 Å². The Labute approximate surface area is 375 Å². The third-order valence-electron chi connectivity index (χ3n) is 13.2. The first-order valence-electron chi connectivity index (χ1n) is 21.8. The molecule has 9 aromatic carbocycles. The molecule has 11 aromatic rings. The quantitative estimate of drug-likeness (QED) is 0.162. The Morgan fingerprint density at radius 2 is 0.875 bits per heavy atom. The van der Waals surface area contributed by atoms with Crippen LogP contribution in [-0.2, 0) is 5.41 Å². The molecular formula is C60H37N3S. The van der Waals surface area contributed by atoms with Crippen LogP contribution < -0.4 is 0 Å². The highest BCUT2D eigenvalue weighted by molar-refractivity contribution is 7.99. The molecule has 1 spiro atoms. The van der Waals surface area contributed by atoms with Crippen molar-refractivity contribution in [1.29, 1.82) is 0 Å². The van der Waals surface area contributed by atoms with Crippen LogP contribution >= 0.6 is 11.8 Å². The zero-order valence-electron chi connectivity index (χ0n) is 34.6. The van der Waals surface area contributed by atoms with Gasteiger partial charge in [-0.05, 0) is 62.7 Å². The number of pyridine rings is 1. The summed E-state index contributed by atoms with van der Waals surface area (Å²) < 4.78 is 0. The number of para-hydroxylation sites is 1. The van der Waals surface area contributed by atoms with E-state index in [1.54, 1.807) is 0 Å². The molecule has 0 saturated carbocycles. The fourth-order valence-electron chi connectivity index (χ4n) is 10.3. The van der Waals surface area contributed by atoms with Gasteiger partial charge in [-0.15, -0.1) is 0 Å². The molecule has 3 heterocycles. The zero-order valence-corrected chi connectivity index (χ0v) is 35.4. The lowest BCUT2D eigenvalue weighted by Gasteiger charge is -2.40. The van der Waals surface area contributed by atoms with Crippen LogP contribution in [0.2, 0.25) is 0 Å². The second kappa shape index (κ2) is 14.6. The number of rotatable bonds is 5. The van der Waals surface area contributed by atoms with Gasteiger partial charge in [0.25, 0.3) is 0 Å². The lowest BCUT2D eigenvalue weighted by Crippen LogP contribution is -2.32. The molecule has 2 aliphatic rings. The van der Waals surface area contributed by atoms with Crippen LogP contribution in [-0.4, -0.2) is 15.0 Å². The molecule has 0 radical (unpaired) electrons. The zero-order chi connectivity index (χ0) is 42.2. The van der Waals surface area contributed by atoms with Crippen molar-refractivity contribution in [3.63, 3.8) is 0 Å². The Morgan fingerprint density at radius 3 is 1.56 bits per heavy atom. The number of nitrogens with zero attached hydrogens (tertiary/aromatic N) is 3. The van der Waals surface area contributed by atoms with Crippen LogP contribution in [0.25, 0.3) is 89.1 Å². The fraction of sp³-hybridized carbons (Fsp3) is 0.0167. The molecule has 13 rings (SSSR count). The Kier molecular flexibility index (Phi) is 8.37. The lowest BCUT2D eigenvalue weighted by atomic mass is 9.66. The summed E-state index contributed by atoms with van der Waals surface area (Å²) in [7, 11) is 0. The van der Waals surface area contributed by atoms with Crippen molar-refractivity contribution in [2.75, 3.05) is 0 Å². The molecule has 4 heteroatoms. The van der Waals surface area contributed by atoms with Gasteiger partial charge < -0.3 is 0 Å². The van der Waals surface area contributed by atoms with Crippen molar-refractivity contribution < 1.29 is 0 Å². The van der Waals surface area contributed by atoms with E-state index >= 15 is 0 Å². The van der Waals surface area contributed by atoms with E-state index in [4.69, 9.17) is 15.0 Å². The van der Waals surface area contributed by atoms with Crippen LogP contribution in [0.5, 0.6) is 0 Å². The topological polar surface area (TPSA) is 38.7 Å². The summed E-state index contributed by atoms with van der Waals surface area (Å²) in [4.78, 5) is 18.0. The monoisotopic (exact) mass is 831 g/mol. The van der Waals surface area contributed by atoms with Gasteiger partial charge in [-0.25, -0.2) is 15.0 Å². The molecule has 1 aliphatic heterocycles. The minimum atomic E-state index is -0.517. The van der Waals surface area contributed by atoms with Gasteiger partial charge in [-0.1, -0.05) is 218 Å². The minimum Gasteiger partial charge on any atom is -0.247 e. The number of hydrogen-bond acceptors (Lipinski definition) is 4. The van der Waals surface area contributed by atoms with Crippen LogP contribution in [0.15, 0.2) is 234 Å². The van der Waals surface area contributed by atoms with Gasteiger partial charge in [0.05, 0.1) is 28.0 Å². The molecular weight excluding hydrogens is 795 g/mol. The van der Waals surface area contributed by atoms with E-state index in [0.717, 1.165) is 55.8 Å². The molecule has 0 saturated heterocycles. The lowest BCUT2D eigenvalue weighted by molar-refractivity contribution is 0.726. The molecule has 0 amide bonds. The predicted octanol–water partition coefficient (Wildman–Crippen LogP) is 15.3. The van der Waals surface area contributed by atoms with Gasteiger partial charge in [-0.2, -0.15) is 0 Å².